The number of aromatic amines is 1. The number of rotatable bonds is 5. The fraction of sp³-hybridized carbons (Fsp3) is 0.550. The summed E-state index contributed by atoms with van der Waals surface area (Å²) in [5, 5.41) is 12.2. The zero-order valence-electron chi connectivity index (χ0n) is 17.0. The van der Waals surface area contributed by atoms with E-state index < -0.39 is 0 Å². The number of nitrogens with zero attached hydrogens (tertiary/aromatic N) is 3. The maximum Gasteiger partial charge on any atom is 0.317 e. The van der Waals surface area contributed by atoms with Gasteiger partial charge < -0.3 is 15.1 Å². The molecule has 1 aliphatic heterocycles. The Morgan fingerprint density at radius 3 is 2.89 bits per heavy atom. The van der Waals surface area contributed by atoms with Crippen LogP contribution in [0.5, 0.6) is 0 Å². The first-order valence-corrected chi connectivity index (χ1v) is 10.5. The molecule has 1 atom stereocenters. The number of aromatic nitrogens is 2. The van der Waals surface area contributed by atoms with E-state index in [4.69, 9.17) is 0 Å². The van der Waals surface area contributed by atoms with E-state index in [0.29, 0.717) is 18.7 Å². The first-order valence-electron chi connectivity index (χ1n) is 9.61. The normalized spacial score (nSPS) is 17.4. The molecule has 0 aromatic carbocycles. The molecule has 2 aromatic rings. The maximum atomic E-state index is 12.8. The summed E-state index contributed by atoms with van der Waals surface area (Å²) in [6.07, 6.45) is 3.42. The third kappa shape index (κ3) is 4.38. The number of hydrogen-bond acceptors (Lipinski definition) is 4. The lowest BCUT2D eigenvalue weighted by molar-refractivity contribution is 0.0825. The van der Waals surface area contributed by atoms with E-state index in [0.717, 1.165) is 25.1 Å². The Kier molecular flexibility index (Phi) is 6.07. The molecular weight excluding hydrogens is 374 g/mol. The van der Waals surface area contributed by atoms with E-state index in [1.165, 1.54) is 4.88 Å². The summed E-state index contributed by atoms with van der Waals surface area (Å²) < 4.78 is 0. The molecule has 7 nitrogen and oxygen atoms in total. The largest absolute Gasteiger partial charge is 0.345 e. The van der Waals surface area contributed by atoms with Crippen molar-refractivity contribution in [2.45, 2.75) is 38.0 Å². The van der Waals surface area contributed by atoms with Gasteiger partial charge in [-0.3, -0.25) is 9.89 Å². The van der Waals surface area contributed by atoms with Gasteiger partial charge in [-0.1, -0.05) is 19.9 Å². The van der Waals surface area contributed by atoms with Gasteiger partial charge in [0, 0.05) is 49.9 Å². The number of hydrogen-bond donors (Lipinski definition) is 2. The van der Waals surface area contributed by atoms with Crippen LogP contribution in [0.3, 0.4) is 0 Å². The number of likely N-dealkylation sites (tertiary alicyclic amines) is 1. The van der Waals surface area contributed by atoms with Gasteiger partial charge in [0.15, 0.2) is 0 Å². The molecule has 3 amide bonds. The van der Waals surface area contributed by atoms with Crippen molar-refractivity contribution in [2.75, 3.05) is 33.7 Å². The van der Waals surface area contributed by atoms with Gasteiger partial charge in [-0.25, -0.2) is 4.79 Å². The molecule has 0 spiro atoms. The molecule has 1 fully saturated rings. The highest BCUT2D eigenvalue weighted by atomic mass is 32.1. The molecule has 1 aliphatic rings. The molecule has 3 heterocycles. The Morgan fingerprint density at radius 1 is 1.43 bits per heavy atom. The second kappa shape index (κ2) is 8.34. The molecule has 152 valence electrons. The van der Waals surface area contributed by atoms with Crippen molar-refractivity contribution in [1.82, 2.24) is 25.3 Å². The average molecular weight is 404 g/mol. The number of H-pyrrole nitrogens is 1. The number of nitrogens with one attached hydrogen (secondary N) is 2. The molecule has 0 unspecified atom stereocenters. The summed E-state index contributed by atoms with van der Waals surface area (Å²) in [6.45, 7) is 6.18. The standard InChI is InChI=1S/C20H29N5O2S/c1-20(2,16-8-6-10-28-16)13-21-19(27)25-9-5-7-14(12-25)17-15(11-22-23-17)18(26)24(3)4/h6,8,10-11,14H,5,7,9,12-13H2,1-4H3,(H,21,27)(H,22,23)/t14-/m0/s1. The maximum absolute atomic E-state index is 12.8. The summed E-state index contributed by atoms with van der Waals surface area (Å²) in [4.78, 5) is 29.8. The molecule has 28 heavy (non-hydrogen) atoms. The minimum atomic E-state index is -0.103. The van der Waals surface area contributed by atoms with Crippen molar-refractivity contribution in [3.63, 3.8) is 0 Å². The van der Waals surface area contributed by atoms with Gasteiger partial charge in [-0.05, 0) is 24.3 Å². The Balaban J connectivity index is 1.63. The van der Waals surface area contributed by atoms with Gasteiger partial charge in [-0.15, -0.1) is 11.3 Å². The summed E-state index contributed by atoms with van der Waals surface area (Å²) in [7, 11) is 3.46. The van der Waals surface area contributed by atoms with Crippen LogP contribution in [0.2, 0.25) is 0 Å². The molecule has 1 saturated heterocycles. The summed E-state index contributed by atoms with van der Waals surface area (Å²) in [6, 6.07) is 4.10. The Hall–Kier alpha value is -2.35. The summed E-state index contributed by atoms with van der Waals surface area (Å²) in [5.41, 5.74) is 1.32. The fourth-order valence-corrected chi connectivity index (χ4v) is 4.43. The molecule has 3 rings (SSSR count). The van der Waals surface area contributed by atoms with E-state index in [1.54, 1.807) is 36.5 Å². The number of carbonyl (C=O) groups is 2. The third-order valence-corrected chi connectivity index (χ3v) is 6.53. The van der Waals surface area contributed by atoms with Gasteiger partial charge in [0.1, 0.15) is 0 Å². The van der Waals surface area contributed by atoms with Crippen LogP contribution in [0, 0.1) is 0 Å². The van der Waals surface area contributed by atoms with Crippen LogP contribution in [0.1, 0.15) is 53.5 Å². The molecule has 0 saturated carbocycles. The van der Waals surface area contributed by atoms with E-state index in [9.17, 15) is 9.59 Å². The van der Waals surface area contributed by atoms with Crippen LogP contribution in [0.25, 0.3) is 0 Å². The molecule has 2 aromatic heterocycles. The van der Waals surface area contributed by atoms with Crippen molar-refractivity contribution in [2.24, 2.45) is 0 Å². The average Bonchev–Trinajstić information content (AvgIpc) is 3.37. The van der Waals surface area contributed by atoms with Crippen LogP contribution in [0.4, 0.5) is 4.79 Å². The number of urea groups is 1. The van der Waals surface area contributed by atoms with Crippen LogP contribution >= 0.6 is 11.3 Å². The second-order valence-electron chi connectivity index (χ2n) is 8.20. The SMILES string of the molecule is CN(C)C(=O)c1cn[nH]c1[C@H]1CCCN(C(=O)NCC(C)(C)c2cccs2)C1. The van der Waals surface area contributed by atoms with E-state index in [2.05, 4.69) is 40.8 Å². The number of carbonyl (C=O) groups excluding carboxylic acids is 2. The molecule has 0 aliphatic carbocycles. The topological polar surface area (TPSA) is 81.3 Å². The highest BCUT2D eigenvalue weighted by Crippen LogP contribution is 2.29. The second-order valence-corrected chi connectivity index (χ2v) is 9.15. The van der Waals surface area contributed by atoms with Crippen molar-refractivity contribution >= 4 is 23.3 Å². The number of thiophene rings is 1. The highest BCUT2D eigenvalue weighted by Gasteiger charge is 2.30. The minimum absolute atomic E-state index is 0.0469. The van der Waals surface area contributed by atoms with Crippen molar-refractivity contribution < 1.29 is 9.59 Å². The lowest BCUT2D eigenvalue weighted by Gasteiger charge is -2.34. The predicted octanol–water partition coefficient (Wildman–Crippen LogP) is 3.04. The lowest BCUT2D eigenvalue weighted by Crippen LogP contribution is -2.48. The molecule has 0 bridgehead atoms. The van der Waals surface area contributed by atoms with Crippen LogP contribution in [0.15, 0.2) is 23.7 Å². The Bertz CT molecular complexity index is 812. The summed E-state index contributed by atoms with van der Waals surface area (Å²) in [5.74, 6) is 0.0224. The van der Waals surface area contributed by atoms with Crippen molar-refractivity contribution in [3.8, 4) is 0 Å². The van der Waals surface area contributed by atoms with Crippen LogP contribution in [-0.2, 0) is 5.41 Å². The van der Waals surface area contributed by atoms with E-state index in [1.807, 2.05) is 11.0 Å². The number of piperidine rings is 1. The number of amides is 3. The molecular formula is C20H29N5O2S. The Morgan fingerprint density at radius 2 is 2.21 bits per heavy atom. The van der Waals surface area contributed by atoms with Gasteiger partial charge in [0.25, 0.3) is 5.91 Å². The minimum Gasteiger partial charge on any atom is -0.345 e. The first-order chi connectivity index (χ1) is 13.3. The first kappa shape index (κ1) is 20.4. The van der Waals surface area contributed by atoms with Gasteiger partial charge in [0.05, 0.1) is 17.5 Å². The zero-order chi connectivity index (χ0) is 20.3. The predicted molar refractivity (Wildman–Crippen MR) is 111 cm³/mol. The highest BCUT2D eigenvalue weighted by molar-refractivity contribution is 7.10. The lowest BCUT2D eigenvalue weighted by atomic mass is 9.91. The van der Waals surface area contributed by atoms with Gasteiger partial charge in [-0.2, -0.15) is 5.10 Å². The van der Waals surface area contributed by atoms with Crippen LogP contribution in [-0.4, -0.2) is 65.7 Å². The van der Waals surface area contributed by atoms with Crippen molar-refractivity contribution in [3.05, 3.63) is 39.8 Å². The fourth-order valence-electron chi connectivity index (χ4n) is 3.58. The third-order valence-electron chi connectivity index (χ3n) is 5.29. The molecule has 0 radical (unpaired) electrons. The molecule has 8 heteroatoms. The quantitative estimate of drug-likeness (QED) is 0.805. The Labute approximate surface area is 170 Å². The van der Waals surface area contributed by atoms with Crippen LogP contribution < -0.4 is 5.32 Å². The molecule has 2 N–H and O–H groups in total. The summed E-state index contributed by atoms with van der Waals surface area (Å²) >= 11 is 1.71. The van der Waals surface area contributed by atoms with Gasteiger partial charge in [0.2, 0.25) is 0 Å². The van der Waals surface area contributed by atoms with E-state index in [-0.39, 0.29) is 23.3 Å². The monoisotopic (exact) mass is 403 g/mol. The zero-order valence-corrected chi connectivity index (χ0v) is 17.8. The smallest absolute Gasteiger partial charge is 0.317 e. The van der Waals surface area contributed by atoms with Gasteiger partial charge >= 0.3 is 6.03 Å². The van der Waals surface area contributed by atoms with E-state index >= 15 is 0 Å². The van der Waals surface area contributed by atoms with Crippen molar-refractivity contribution in [1.29, 1.82) is 0 Å².